The number of para-hydroxylation sites is 4. The fourth-order valence-corrected chi connectivity index (χ4v) is 8.96. The first-order valence-electron chi connectivity index (χ1n) is 18.4. The van der Waals surface area contributed by atoms with Crippen LogP contribution in [0.4, 0.5) is 0 Å². The first-order valence-corrected chi connectivity index (χ1v) is 18.4. The Balaban J connectivity index is 0.982. The summed E-state index contributed by atoms with van der Waals surface area (Å²) in [5.74, 6) is 0. The first kappa shape index (κ1) is 29.3. The van der Waals surface area contributed by atoms with Crippen molar-refractivity contribution in [1.29, 1.82) is 0 Å². The smallest absolute Gasteiger partial charge is 0.0972 e. The van der Waals surface area contributed by atoms with Crippen LogP contribution in [0, 0.1) is 0 Å². The summed E-state index contributed by atoms with van der Waals surface area (Å²) in [5, 5.41) is 7.47. The van der Waals surface area contributed by atoms with Crippen LogP contribution in [-0.4, -0.2) is 19.1 Å². The van der Waals surface area contributed by atoms with Crippen LogP contribution in [0.15, 0.2) is 182 Å². The van der Waals surface area contributed by atoms with Crippen molar-refractivity contribution in [3.8, 4) is 56.1 Å². The fourth-order valence-electron chi connectivity index (χ4n) is 8.96. The van der Waals surface area contributed by atoms with Crippen molar-refractivity contribution in [2.45, 2.75) is 0 Å². The van der Waals surface area contributed by atoms with Crippen LogP contribution in [0.3, 0.4) is 0 Å². The van der Waals surface area contributed by atoms with E-state index in [-0.39, 0.29) is 0 Å². The Hall–Kier alpha value is -7.30. The number of benzene rings is 8. The predicted octanol–water partition coefficient (Wildman–Crippen LogP) is 12.8. The van der Waals surface area contributed by atoms with Crippen LogP contribution < -0.4 is 0 Å². The highest BCUT2D eigenvalue weighted by molar-refractivity contribution is 6.16. The van der Waals surface area contributed by atoms with Gasteiger partial charge in [0.05, 0.1) is 33.5 Å². The molecule has 4 nitrogen and oxygen atoms in total. The van der Waals surface area contributed by atoms with Gasteiger partial charge in [-0.1, -0.05) is 97.1 Å². The molecule has 0 bridgehead atoms. The molecule has 1 aliphatic carbocycles. The molecule has 250 valence electrons. The zero-order valence-corrected chi connectivity index (χ0v) is 29.1. The fraction of sp³-hybridized carbons (Fsp3) is 0. The monoisotopic (exact) mass is 686 g/mol. The molecule has 1 aliphatic rings. The van der Waals surface area contributed by atoms with E-state index >= 15 is 0 Å². The van der Waals surface area contributed by atoms with Crippen molar-refractivity contribution >= 4 is 54.4 Å². The molecule has 0 unspecified atom stereocenters. The lowest BCUT2D eigenvalue weighted by Crippen LogP contribution is -1.94. The standard InChI is InChI=1S/C50H30N4/c1-5-13-44-38(9-1)39-10-2-6-14-45(39)53(44)36-21-17-31(18-22-36)33-27-35-28-34(30-43-48(35)42(29-33)49-50(43)52-26-25-51-49)32-19-23-37(24-20-32)54-46-15-7-3-11-40(46)41-12-4-8-16-47(41)54/h1-30H. The van der Waals surface area contributed by atoms with Crippen LogP contribution in [0.2, 0.25) is 0 Å². The van der Waals surface area contributed by atoms with Gasteiger partial charge in [0.15, 0.2) is 0 Å². The van der Waals surface area contributed by atoms with E-state index in [9.17, 15) is 0 Å². The maximum atomic E-state index is 4.86. The third kappa shape index (κ3) is 4.13. The van der Waals surface area contributed by atoms with E-state index < -0.39 is 0 Å². The number of hydrogen-bond acceptors (Lipinski definition) is 2. The average Bonchev–Trinajstić information content (AvgIpc) is 3.87. The van der Waals surface area contributed by atoms with Crippen LogP contribution >= 0.6 is 0 Å². The topological polar surface area (TPSA) is 35.6 Å². The number of nitrogens with zero attached hydrogens (tertiary/aromatic N) is 4. The van der Waals surface area contributed by atoms with Gasteiger partial charge in [0.2, 0.25) is 0 Å². The summed E-state index contributed by atoms with van der Waals surface area (Å²) < 4.78 is 4.73. The zero-order valence-electron chi connectivity index (χ0n) is 29.1. The van der Waals surface area contributed by atoms with E-state index in [2.05, 4.69) is 179 Å². The lowest BCUT2D eigenvalue weighted by atomic mass is 9.93. The zero-order chi connectivity index (χ0) is 35.3. The molecule has 4 heteroatoms. The Labute approximate surface area is 310 Å². The van der Waals surface area contributed by atoms with Crippen molar-refractivity contribution in [3.63, 3.8) is 0 Å². The molecule has 0 saturated carbocycles. The molecule has 54 heavy (non-hydrogen) atoms. The van der Waals surface area contributed by atoms with Crippen molar-refractivity contribution < 1.29 is 0 Å². The third-order valence-corrected chi connectivity index (χ3v) is 11.3. The van der Waals surface area contributed by atoms with E-state index in [1.54, 1.807) is 12.4 Å². The van der Waals surface area contributed by atoms with Gasteiger partial charge in [-0.3, -0.25) is 9.97 Å². The van der Waals surface area contributed by atoms with E-state index in [1.807, 2.05) is 0 Å². The highest BCUT2D eigenvalue weighted by Crippen LogP contribution is 2.48. The molecular weight excluding hydrogens is 657 g/mol. The Kier molecular flexibility index (Phi) is 6.02. The summed E-state index contributed by atoms with van der Waals surface area (Å²) >= 11 is 0. The van der Waals surface area contributed by atoms with Crippen molar-refractivity contribution in [3.05, 3.63) is 182 Å². The van der Waals surface area contributed by atoms with E-state index in [4.69, 9.17) is 9.97 Å². The molecule has 0 radical (unpaired) electrons. The average molecular weight is 687 g/mol. The van der Waals surface area contributed by atoms with Crippen molar-refractivity contribution in [1.82, 2.24) is 19.1 Å². The van der Waals surface area contributed by atoms with Crippen LogP contribution in [0.5, 0.6) is 0 Å². The van der Waals surface area contributed by atoms with E-state index in [1.165, 1.54) is 54.4 Å². The van der Waals surface area contributed by atoms with Gasteiger partial charge < -0.3 is 9.13 Å². The SMILES string of the molecule is c1ccc2c(c1)c1ccccc1n2-c1ccc(-c2cc3c4c(cc(-c5ccc(-n6c7ccccc7c7ccccc76)cc5)cc4c2)-c2nccnc2-3)cc1. The molecule has 3 aromatic heterocycles. The largest absolute Gasteiger partial charge is 0.309 e. The van der Waals surface area contributed by atoms with Gasteiger partial charge in [0.25, 0.3) is 0 Å². The van der Waals surface area contributed by atoms with Gasteiger partial charge in [0.1, 0.15) is 0 Å². The molecule has 11 aromatic rings. The molecule has 0 spiro atoms. The maximum absolute atomic E-state index is 4.86. The molecule has 12 rings (SSSR count). The van der Waals surface area contributed by atoms with Crippen LogP contribution in [0.1, 0.15) is 0 Å². The quantitative estimate of drug-likeness (QED) is 0.185. The highest BCUT2D eigenvalue weighted by atomic mass is 15.0. The van der Waals surface area contributed by atoms with Crippen molar-refractivity contribution in [2.24, 2.45) is 0 Å². The number of aromatic nitrogens is 4. The summed E-state index contributed by atoms with van der Waals surface area (Å²) in [6, 6.07) is 61.8. The maximum Gasteiger partial charge on any atom is 0.0972 e. The lowest BCUT2D eigenvalue weighted by molar-refractivity contribution is 1.18. The van der Waals surface area contributed by atoms with Gasteiger partial charge >= 0.3 is 0 Å². The minimum Gasteiger partial charge on any atom is -0.309 e. The summed E-state index contributed by atoms with van der Waals surface area (Å²) in [5.41, 5.74) is 16.0. The van der Waals surface area contributed by atoms with Crippen LogP contribution in [-0.2, 0) is 0 Å². The lowest BCUT2D eigenvalue weighted by Gasteiger charge is -2.13. The van der Waals surface area contributed by atoms with Gasteiger partial charge in [-0.25, -0.2) is 0 Å². The first-order chi connectivity index (χ1) is 26.8. The molecule has 0 atom stereocenters. The number of hydrogen-bond donors (Lipinski definition) is 0. The normalized spacial score (nSPS) is 12.1. The highest BCUT2D eigenvalue weighted by Gasteiger charge is 2.26. The minimum atomic E-state index is 0.945. The Morgan fingerprint density at radius 2 is 0.685 bits per heavy atom. The second-order valence-corrected chi connectivity index (χ2v) is 14.2. The van der Waals surface area contributed by atoms with Gasteiger partial charge in [-0.2, -0.15) is 0 Å². The summed E-state index contributed by atoms with van der Waals surface area (Å²) in [4.78, 5) is 9.73. The molecule has 0 aliphatic heterocycles. The predicted molar refractivity (Wildman–Crippen MR) is 224 cm³/mol. The second kappa shape index (κ2) is 11.1. The number of rotatable bonds is 4. The van der Waals surface area contributed by atoms with Crippen molar-refractivity contribution in [2.75, 3.05) is 0 Å². The van der Waals surface area contributed by atoms with Gasteiger partial charge in [-0.05, 0) is 100 Å². The van der Waals surface area contributed by atoms with E-state index in [0.29, 0.717) is 0 Å². The molecule has 0 fully saturated rings. The van der Waals surface area contributed by atoms with Gasteiger partial charge in [0, 0.05) is 61.8 Å². The molecule has 8 aromatic carbocycles. The molecule has 0 N–H and O–H groups in total. The molecule has 3 heterocycles. The minimum absolute atomic E-state index is 0.945. The summed E-state index contributed by atoms with van der Waals surface area (Å²) in [6.07, 6.45) is 3.61. The molecular formula is C50H30N4. The molecule has 0 saturated heterocycles. The molecule has 0 amide bonds. The summed E-state index contributed by atoms with van der Waals surface area (Å²) in [7, 11) is 0. The third-order valence-electron chi connectivity index (χ3n) is 11.3. The van der Waals surface area contributed by atoms with Crippen LogP contribution in [0.25, 0.3) is 111 Å². The Morgan fingerprint density at radius 3 is 1.06 bits per heavy atom. The van der Waals surface area contributed by atoms with E-state index in [0.717, 1.165) is 56.1 Å². The Bertz CT molecular complexity index is 2990. The summed E-state index contributed by atoms with van der Waals surface area (Å²) in [6.45, 7) is 0. The second-order valence-electron chi connectivity index (χ2n) is 14.2. The number of fused-ring (bicyclic) bond motifs is 9. The Morgan fingerprint density at radius 1 is 0.333 bits per heavy atom. The van der Waals surface area contributed by atoms with Gasteiger partial charge in [-0.15, -0.1) is 0 Å².